The summed E-state index contributed by atoms with van der Waals surface area (Å²) < 4.78 is 63.7. The van der Waals surface area contributed by atoms with Crippen molar-refractivity contribution < 1.29 is 25.8 Å². The Bertz CT molecular complexity index is 914. The van der Waals surface area contributed by atoms with Crippen LogP contribution in [0.15, 0.2) is 22.1 Å². The minimum atomic E-state index is -5.91. The molecule has 0 fully saturated rings. The monoisotopic (exact) mass is 414 g/mol. The molecule has 1 heterocycles. The quantitative estimate of drug-likeness (QED) is 0.383. The third-order valence-electron chi connectivity index (χ3n) is 3.20. The van der Waals surface area contributed by atoms with Crippen LogP contribution in [0.5, 0.6) is 5.75 Å². The summed E-state index contributed by atoms with van der Waals surface area (Å²) >= 11 is 6.06. The van der Waals surface area contributed by atoms with E-state index in [1.807, 2.05) is 0 Å². The van der Waals surface area contributed by atoms with Crippen LogP contribution in [0.4, 0.5) is 24.5 Å². The van der Waals surface area contributed by atoms with Crippen molar-refractivity contribution in [3.63, 3.8) is 0 Å². The summed E-state index contributed by atoms with van der Waals surface area (Å²) in [5, 5.41) is -0.200. The largest absolute Gasteiger partial charge is 0.534 e. The van der Waals surface area contributed by atoms with E-state index in [0.717, 1.165) is 12.1 Å². The average Bonchev–Trinajstić information content (AvgIpc) is 2.40. The van der Waals surface area contributed by atoms with Gasteiger partial charge in [-0.05, 0) is 19.9 Å². The van der Waals surface area contributed by atoms with E-state index in [9.17, 15) is 21.6 Å². The van der Waals surface area contributed by atoms with Crippen LogP contribution in [0.3, 0.4) is 0 Å². The van der Waals surface area contributed by atoms with Gasteiger partial charge in [0.15, 0.2) is 5.75 Å². The molecule has 144 valence electrons. The molecule has 1 aromatic carbocycles. The molecule has 14 heteroatoms. The molecule has 2 rings (SSSR count). The van der Waals surface area contributed by atoms with Gasteiger partial charge in [0.1, 0.15) is 5.66 Å². The van der Waals surface area contributed by atoms with Gasteiger partial charge in [-0.2, -0.15) is 26.6 Å². The Kier molecular flexibility index (Phi) is 4.66. The van der Waals surface area contributed by atoms with Crippen LogP contribution < -0.4 is 26.3 Å². The minimum absolute atomic E-state index is 0.0796. The Morgan fingerprint density at radius 2 is 1.81 bits per heavy atom. The Balaban J connectivity index is 2.50. The first-order valence-corrected chi connectivity index (χ1v) is 8.54. The number of anilines is 2. The van der Waals surface area contributed by atoms with E-state index in [0.29, 0.717) is 0 Å². The van der Waals surface area contributed by atoms with Gasteiger partial charge in [-0.3, -0.25) is 4.90 Å². The summed E-state index contributed by atoms with van der Waals surface area (Å²) in [6.45, 7) is 3.24. The number of alkyl halides is 3. The minimum Gasteiger partial charge on any atom is -0.396 e. The topological polar surface area (TPSA) is 149 Å². The highest BCUT2D eigenvalue weighted by molar-refractivity contribution is 7.88. The van der Waals surface area contributed by atoms with Gasteiger partial charge in [0.2, 0.25) is 11.9 Å². The van der Waals surface area contributed by atoms with Crippen molar-refractivity contribution in [1.82, 2.24) is 0 Å². The third kappa shape index (κ3) is 3.58. The molecule has 0 aromatic heterocycles. The average molecular weight is 415 g/mol. The van der Waals surface area contributed by atoms with Crippen molar-refractivity contribution in [1.29, 1.82) is 0 Å². The van der Waals surface area contributed by atoms with E-state index in [1.165, 1.54) is 4.90 Å². The lowest BCUT2D eigenvalue weighted by Gasteiger charge is -2.39. The van der Waals surface area contributed by atoms with Gasteiger partial charge in [-0.1, -0.05) is 11.6 Å². The van der Waals surface area contributed by atoms with Crippen LogP contribution in [0, 0.1) is 0 Å². The molecule has 26 heavy (non-hydrogen) atoms. The van der Waals surface area contributed by atoms with Gasteiger partial charge in [-0.25, -0.2) is 4.99 Å². The van der Waals surface area contributed by atoms with Crippen LogP contribution in [0.2, 0.25) is 5.02 Å². The second-order valence-electron chi connectivity index (χ2n) is 5.59. The number of hydrogen-bond acceptors (Lipinski definition) is 9. The van der Waals surface area contributed by atoms with E-state index in [4.69, 9.17) is 28.8 Å². The van der Waals surface area contributed by atoms with Crippen molar-refractivity contribution in [2.45, 2.75) is 25.0 Å². The molecule has 1 aliphatic rings. The predicted molar refractivity (Wildman–Crippen MR) is 91.3 cm³/mol. The van der Waals surface area contributed by atoms with Gasteiger partial charge >= 0.3 is 15.6 Å². The van der Waals surface area contributed by atoms with E-state index >= 15 is 0 Å². The van der Waals surface area contributed by atoms with Gasteiger partial charge < -0.3 is 21.4 Å². The third-order valence-corrected chi connectivity index (χ3v) is 4.47. The summed E-state index contributed by atoms with van der Waals surface area (Å²) in [7, 11) is -5.91. The van der Waals surface area contributed by atoms with Gasteiger partial charge in [0, 0.05) is 6.07 Å². The van der Waals surface area contributed by atoms with Crippen molar-refractivity contribution in [2.24, 2.45) is 21.5 Å². The fraction of sp³-hybridized carbons (Fsp3) is 0.333. The molecule has 0 bridgehead atoms. The zero-order valence-corrected chi connectivity index (χ0v) is 14.9. The Hall–Kier alpha value is -2.41. The van der Waals surface area contributed by atoms with Crippen molar-refractivity contribution >= 4 is 45.0 Å². The van der Waals surface area contributed by atoms with Crippen LogP contribution in [-0.2, 0) is 10.1 Å². The Morgan fingerprint density at radius 1 is 1.23 bits per heavy atom. The fourth-order valence-corrected chi connectivity index (χ4v) is 2.90. The van der Waals surface area contributed by atoms with Crippen molar-refractivity contribution in [3.05, 3.63) is 17.2 Å². The van der Waals surface area contributed by atoms with E-state index in [-0.39, 0.29) is 22.6 Å². The number of benzene rings is 1. The number of halogens is 4. The lowest BCUT2D eigenvalue weighted by Crippen LogP contribution is -2.54. The summed E-state index contributed by atoms with van der Waals surface area (Å²) in [5.74, 6) is -0.964. The molecule has 6 N–H and O–H groups in total. The van der Waals surface area contributed by atoms with Crippen molar-refractivity contribution in [3.8, 4) is 5.75 Å². The van der Waals surface area contributed by atoms with E-state index in [1.54, 1.807) is 13.8 Å². The van der Waals surface area contributed by atoms with Gasteiger partial charge in [0.25, 0.3) is 0 Å². The maximum absolute atomic E-state index is 12.5. The molecule has 0 spiro atoms. The molecule has 1 aliphatic heterocycles. The molecular weight excluding hydrogens is 401 g/mol. The molecule has 0 atom stereocenters. The molecule has 9 nitrogen and oxygen atoms in total. The summed E-state index contributed by atoms with van der Waals surface area (Å²) in [5.41, 5.74) is 10.0. The molecule has 0 amide bonds. The SMILES string of the molecule is CC1(C)N=C(N)N=C(N)N1c1cc(N)c(OS(=O)(=O)C(F)(F)F)cc1Cl. The molecule has 0 radical (unpaired) electrons. The fourth-order valence-electron chi connectivity index (χ4n) is 2.19. The molecule has 1 aromatic rings. The number of aliphatic imine (C=N–C) groups is 2. The molecule has 0 saturated heterocycles. The highest BCUT2D eigenvalue weighted by Gasteiger charge is 2.49. The Morgan fingerprint density at radius 3 is 2.31 bits per heavy atom. The second kappa shape index (κ2) is 6.09. The number of nitrogens with two attached hydrogens (primary N) is 3. The molecule has 0 unspecified atom stereocenters. The Labute approximate surface area is 151 Å². The number of nitrogen functional groups attached to an aromatic ring is 1. The maximum Gasteiger partial charge on any atom is 0.534 e. The number of guanidine groups is 2. The maximum atomic E-state index is 12.5. The van der Waals surface area contributed by atoms with E-state index in [2.05, 4.69) is 14.2 Å². The summed E-state index contributed by atoms with van der Waals surface area (Å²) in [6, 6.07) is 1.91. The smallest absolute Gasteiger partial charge is 0.396 e. The normalized spacial score (nSPS) is 17.5. The molecule has 0 saturated carbocycles. The van der Waals surface area contributed by atoms with Crippen molar-refractivity contribution in [2.75, 3.05) is 10.6 Å². The predicted octanol–water partition coefficient (Wildman–Crippen LogP) is 1.34. The number of hydrogen-bond donors (Lipinski definition) is 3. The van der Waals surface area contributed by atoms with Gasteiger partial charge in [0.05, 0.1) is 16.4 Å². The summed E-state index contributed by atoms with van der Waals surface area (Å²) in [6.07, 6.45) is 0. The zero-order valence-electron chi connectivity index (χ0n) is 13.4. The van der Waals surface area contributed by atoms with Crippen LogP contribution in [0.25, 0.3) is 0 Å². The zero-order chi connectivity index (χ0) is 20.1. The lowest BCUT2D eigenvalue weighted by molar-refractivity contribution is -0.0499. The lowest BCUT2D eigenvalue weighted by atomic mass is 10.1. The standard InChI is InChI=1S/C12H14ClF3N6O3S/c1-11(2)21-9(18)20-10(19)22(11)7-4-6(17)8(3-5(7)13)25-26(23,24)12(14,15)16/h3-4H,17H2,1-2H3,(H4,18,19,20,21). The van der Waals surface area contributed by atoms with E-state index < -0.39 is 32.7 Å². The summed E-state index contributed by atoms with van der Waals surface area (Å²) in [4.78, 5) is 9.20. The highest BCUT2D eigenvalue weighted by Crippen LogP contribution is 2.40. The second-order valence-corrected chi connectivity index (χ2v) is 7.54. The molecule has 0 aliphatic carbocycles. The number of nitrogens with zero attached hydrogens (tertiary/aromatic N) is 3. The first kappa shape index (κ1) is 19.9. The number of rotatable bonds is 3. The molecular formula is C12H14ClF3N6O3S. The first-order valence-electron chi connectivity index (χ1n) is 6.75. The van der Waals surface area contributed by atoms with Crippen LogP contribution >= 0.6 is 11.6 Å². The highest BCUT2D eigenvalue weighted by atomic mass is 35.5. The first-order chi connectivity index (χ1) is 11.7. The van der Waals surface area contributed by atoms with Crippen LogP contribution in [-0.4, -0.2) is 31.5 Å². The van der Waals surface area contributed by atoms with Gasteiger partial charge in [-0.15, -0.1) is 0 Å². The van der Waals surface area contributed by atoms with Crippen LogP contribution in [0.1, 0.15) is 13.8 Å².